The fourth-order valence-electron chi connectivity index (χ4n) is 1.97. The van der Waals surface area contributed by atoms with E-state index in [0.29, 0.717) is 0 Å². The molecule has 0 unspecified atom stereocenters. The molecule has 0 saturated heterocycles. The highest BCUT2D eigenvalue weighted by atomic mass is 16.5. The van der Waals surface area contributed by atoms with Gasteiger partial charge in [0.15, 0.2) is 0 Å². The third kappa shape index (κ3) is 2.56. The molecule has 2 N–H and O–H groups in total. The third-order valence-electron chi connectivity index (χ3n) is 2.97. The first-order chi connectivity index (χ1) is 8.24. The Kier molecular flexibility index (Phi) is 3.59. The molecule has 0 fully saturated rings. The van der Waals surface area contributed by atoms with Crippen LogP contribution in [-0.2, 0) is 6.42 Å². The van der Waals surface area contributed by atoms with Gasteiger partial charge in [-0.2, -0.15) is 0 Å². The first-order valence-electron chi connectivity index (χ1n) is 5.89. The summed E-state index contributed by atoms with van der Waals surface area (Å²) in [5, 5.41) is 1.13. The summed E-state index contributed by atoms with van der Waals surface area (Å²) in [5.74, 6) is 0.868. The highest BCUT2D eigenvalue weighted by molar-refractivity contribution is 5.81. The second-order valence-electron chi connectivity index (χ2n) is 4.18. The van der Waals surface area contributed by atoms with Crippen molar-refractivity contribution in [1.29, 1.82) is 0 Å². The fraction of sp³-hybridized carbons (Fsp3) is 0.357. The van der Waals surface area contributed by atoms with E-state index in [0.717, 1.165) is 41.7 Å². The molecule has 1 heterocycles. The maximum Gasteiger partial charge on any atom is 0.119 e. The van der Waals surface area contributed by atoms with Gasteiger partial charge in [-0.1, -0.05) is 0 Å². The number of benzene rings is 1. The van der Waals surface area contributed by atoms with Gasteiger partial charge >= 0.3 is 0 Å². The van der Waals surface area contributed by atoms with Crippen LogP contribution in [0, 0.1) is 6.92 Å². The van der Waals surface area contributed by atoms with Gasteiger partial charge in [0.05, 0.1) is 12.6 Å². The van der Waals surface area contributed by atoms with Crippen molar-refractivity contribution in [2.24, 2.45) is 5.73 Å². The topological polar surface area (TPSA) is 48.1 Å². The second-order valence-corrected chi connectivity index (χ2v) is 4.18. The van der Waals surface area contributed by atoms with E-state index in [4.69, 9.17) is 10.5 Å². The van der Waals surface area contributed by atoms with Crippen molar-refractivity contribution in [3.63, 3.8) is 0 Å². The van der Waals surface area contributed by atoms with E-state index >= 15 is 0 Å². The molecular weight excluding hydrogens is 212 g/mol. The SMILES string of the molecule is COc1ccc2nc(C)c(CCCN)cc2c1. The van der Waals surface area contributed by atoms with Crippen molar-refractivity contribution < 1.29 is 4.74 Å². The molecule has 0 radical (unpaired) electrons. The van der Waals surface area contributed by atoms with E-state index < -0.39 is 0 Å². The molecule has 1 aromatic carbocycles. The average Bonchev–Trinajstić information content (AvgIpc) is 2.35. The smallest absolute Gasteiger partial charge is 0.119 e. The van der Waals surface area contributed by atoms with E-state index in [1.165, 1.54) is 5.56 Å². The Morgan fingerprint density at radius 1 is 1.29 bits per heavy atom. The van der Waals surface area contributed by atoms with Crippen molar-refractivity contribution in [2.45, 2.75) is 19.8 Å². The summed E-state index contributed by atoms with van der Waals surface area (Å²) in [4.78, 5) is 4.61. The summed E-state index contributed by atoms with van der Waals surface area (Å²) in [6, 6.07) is 8.14. The number of aromatic nitrogens is 1. The molecule has 0 aliphatic heterocycles. The summed E-state index contributed by atoms with van der Waals surface area (Å²) < 4.78 is 5.23. The minimum atomic E-state index is 0.718. The number of methoxy groups -OCH3 is 1. The van der Waals surface area contributed by atoms with Gasteiger partial charge in [-0.05, 0) is 56.1 Å². The summed E-state index contributed by atoms with van der Waals surface area (Å²) >= 11 is 0. The summed E-state index contributed by atoms with van der Waals surface area (Å²) in [6.07, 6.45) is 1.99. The highest BCUT2D eigenvalue weighted by Gasteiger charge is 2.04. The van der Waals surface area contributed by atoms with Crippen LogP contribution in [-0.4, -0.2) is 18.6 Å². The van der Waals surface area contributed by atoms with Gasteiger partial charge in [-0.25, -0.2) is 0 Å². The minimum Gasteiger partial charge on any atom is -0.497 e. The van der Waals surface area contributed by atoms with Crippen LogP contribution in [0.1, 0.15) is 17.7 Å². The Labute approximate surface area is 102 Å². The zero-order valence-corrected chi connectivity index (χ0v) is 10.4. The number of fused-ring (bicyclic) bond motifs is 1. The minimum absolute atomic E-state index is 0.718. The molecule has 0 amide bonds. The maximum atomic E-state index is 5.54. The zero-order valence-electron chi connectivity index (χ0n) is 10.4. The van der Waals surface area contributed by atoms with Gasteiger partial charge in [0.25, 0.3) is 0 Å². The first-order valence-corrected chi connectivity index (χ1v) is 5.89. The van der Waals surface area contributed by atoms with Gasteiger partial charge in [-0.15, -0.1) is 0 Å². The number of rotatable bonds is 4. The highest BCUT2D eigenvalue weighted by Crippen LogP contribution is 2.22. The zero-order chi connectivity index (χ0) is 12.3. The van der Waals surface area contributed by atoms with Crippen LogP contribution in [0.4, 0.5) is 0 Å². The van der Waals surface area contributed by atoms with Crippen molar-refractivity contribution >= 4 is 10.9 Å². The number of ether oxygens (including phenoxy) is 1. The van der Waals surface area contributed by atoms with Crippen LogP contribution in [0.3, 0.4) is 0 Å². The normalized spacial score (nSPS) is 10.8. The van der Waals surface area contributed by atoms with E-state index in [1.807, 2.05) is 18.2 Å². The molecule has 0 aliphatic carbocycles. The van der Waals surface area contributed by atoms with Crippen LogP contribution in [0.2, 0.25) is 0 Å². The first kappa shape index (κ1) is 11.9. The predicted octanol–water partition coefficient (Wildman–Crippen LogP) is 2.44. The summed E-state index contributed by atoms with van der Waals surface area (Å²) in [5.41, 5.74) is 8.93. The lowest BCUT2D eigenvalue weighted by Crippen LogP contribution is -2.02. The van der Waals surface area contributed by atoms with E-state index in [2.05, 4.69) is 18.0 Å². The molecule has 0 aliphatic rings. The van der Waals surface area contributed by atoms with Gasteiger partial charge in [0.2, 0.25) is 0 Å². The molecule has 3 heteroatoms. The van der Waals surface area contributed by atoms with E-state index in [9.17, 15) is 0 Å². The predicted molar refractivity (Wildman–Crippen MR) is 70.4 cm³/mol. The molecule has 0 spiro atoms. The number of hydrogen-bond donors (Lipinski definition) is 1. The molecular formula is C14H18N2O. The van der Waals surface area contributed by atoms with Crippen molar-refractivity contribution in [3.8, 4) is 5.75 Å². The lowest BCUT2D eigenvalue weighted by molar-refractivity contribution is 0.415. The van der Waals surface area contributed by atoms with Crippen LogP contribution in [0.25, 0.3) is 10.9 Å². The lowest BCUT2D eigenvalue weighted by Gasteiger charge is -2.08. The molecule has 3 nitrogen and oxygen atoms in total. The Morgan fingerprint density at radius 2 is 2.12 bits per heavy atom. The third-order valence-corrected chi connectivity index (χ3v) is 2.97. The molecule has 1 aromatic heterocycles. The molecule has 0 atom stereocenters. The van der Waals surface area contributed by atoms with Crippen molar-refractivity contribution in [2.75, 3.05) is 13.7 Å². The molecule has 2 rings (SSSR count). The van der Waals surface area contributed by atoms with Crippen LogP contribution >= 0.6 is 0 Å². The van der Waals surface area contributed by atoms with E-state index in [-0.39, 0.29) is 0 Å². The maximum absolute atomic E-state index is 5.54. The Morgan fingerprint density at radius 3 is 2.82 bits per heavy atom. The van der Waals surface area contributed by atoms with Crippen molar-refractivity contribution in [1.82, 2.24) is 4.98 Å². The second kappa shape index (κ2) is 5.15. The molecule has 2 aromatic rings. The molecule has 0 bridgehead atoms. The van der Waals surface area contributed by atoms with Gasteiger partial charge < -0.3 is 10.5 Å². The van der Waals surface area contributed by atoms with Gasteiger partial charge in [0, 0.05) is 11.1 Å². The molecule has 0 saturated carbocycles. The van der Waals surface area contributed by atoms with Crippen LogP contribution in [0.5, 0.6) is 5.75 Å². The Bertz CT molecular complexity index is 523. The van der Waals surface area contributed by atoms with E-state index in [1.54, 1.807) is 7.11 Å². The largest absolute Gasteiger partial charge is 0.497 e. The quantitative estimate of drug-likeness (QED) is 0.877. The number of nitrogens with zero attached hydrogens (tertiary/aromatic N) is 1. The monoisotopic (exact) mass is 230 g/mol. The number of hydrogen-bond acceptors (Lipinski definition) is 3. The lowest BCUT2D eigenvalue weighted by atomic mass is 10.1. The van der Waals surface area contributed by atoms with Crippen molar-refractivity contribution in [3.05, 3.63) is 35.5 Å². The van der Waals surface area contributed by atoms with Crippen LogP contribution < -0.4 is 10.5 Å². The fourth-order valence-corrected chi connectivity index (χ4v) is 1.97. The summed E-state index contributed by atoms with van der Waals surface area (Å²) in [6.45, 7) is 2.77. The molecule has 17 heavy (non-hydrogen) atoms. The number of pyridine rings is 1. The standard InChI is InChI=1S/C14H18N2O/c1-10-11(4-3-7-15)8-12-9-13(17-2)5-6-14(12)16-10/h5-6,8-9H,3-4,7,15H2,1-2H3. The number of aryl methyl sites for hydroxylation is 2. The van der Waals surface area contributed by atoms with Gasteiger partial charge in [-0.3, -0.25) is 4.98 Å². The average molecular weight is 230 g/mol. The Balaban J connectivity index is 2.44. The number of nitrogens with two attached hydrogens (primary N) is 1. The van der Waals surface area contributed by atoms with Crippen LogP contribution in [0.15, 0.2) is 24.3 Å². The van der Waals surface area contributed by atoms with Gasteiger partial charge in [0.1, 0.15) is 5.75 Å². The Hall–Kier alpha value is -1.61. The molecule has 90 valence electrons. The summed E-state index contributed by atoms with van der Waals surface area (Å²) in [7, 11) is 1.68.